The highest BCUT2D eigenvalue weighted by Gasteiger charge is 2.35. The van der Waals surface area contributed by atoms with Crippen molar-refractivity contribution < 1.29 is 14.9 Å². The lowest BCUT2D eigenvalue weighted by Crippen LogP contribution is -2.25. The van der Waals surface area contributed by atoms with Crippen LogP contribution in [-0.2, 0) is 4.74 Å². The molecule has 0 aromatic rings. The summed E-state index contributed by atoms with van der Waals surface area (Å²) in [6.45, 7) is 4.26. The van der Waals surface area contributed by atoms with Crippen LogP contribution in [0.2, 0.25) is 0 Å². The van der Waals surface area contributed by atoms with Crippen molar-refractivity contribution in [3.63, 3.8) is 0 Å². The van der Waals surface area contributed by atoms with Gasteiger partial charge in [-0.1, -0.05) is 26.7 Å². The second-order valence-corrected chi connectivity index (χ2v) is 4.32. The van der Waals surface area contributed by atoms with E-state index in [1.807, 2.05) is 0 Å². The van der Waals surface area contributed by atoms with E-state index in [0.717, 1.165) is 6.42 Å². The summed E-state index contributed by atoms with van der Waals surface area (Å²) in [6, 6.07) is 0. The first-order valence-electron chi connectivity index (χ1n) is 5.63. The van der Waals surface area contributed by atoms with Gasteiger partial charge in [0.2, 0.25) is 0 Å². The second-order valence-electron chi connectivity index (χ2n) is 4.32. The van der Waals surface area contributed by atoms with E-state index in [2.05, 4.69) is 13.8 Å². The van der Waals surface area contributed by atoms with E-state index in [0.29, 0.717) is 12.3 Å². The summed E-state index contributed by atoms with van der Waals surface area (Å²) in [5, 5.41) is 18.5. The molecule has 1 aliphatic heterocycles. The first-order valence-corrected chi connectivity index (χ1v) is 5.63. The minimum Gasteiger partial charge on any atom is -0.394 e. The molecule has 3 heteroatoms. The molecular formula is C11H22O3. The van der Waals surface area contributed by atoms with Crippen molar-refractivity contribution in [2.45, 2.75) is 57.8 Å². The number of unbranched alkanes of at least 4 members (excludes halogenated alkanes) is 1. The van der Waals surface area contributed by atoms with E-state index in [-0.39, 0.29) is 18.8 Å². The zero-order valence-corrected chi connectivity index (χ0v) is 9.15. The van der Waals surface area contributed by atoms with Crippen molar-refractivity contribution >= 4 is 0 Å². The van der Waals surface area contributed by atoms with Gasteiger partial charge in [-0.25, -0.2) is 0 Å². The van der Waals surface area contributed by atoms with Gasteiger partial charge in [0, 0.05) is 6.42 Å². The molecule has 1 saturated heterocycles. The third-order valence-corrected chi connectivity index (χ3v) is 3.08. The number of rotatable bonds is 5. The Kier molecular flexibility index (Phi) is 4.85. The van der Waals surface area contributed by atoms with E-state index in [9.17, 15) is 5.11 Å². The maximum atomic E-state index is 9.55. The Balaban J connectivity index is 2.32. The number of hydrogen-bond acceptors (Lipinski definition) is 3. The number of ether oxygens (including phenoxy) is 1. The van der Waals surface area contributed by atoms with Crippen LogP contribution in [0.25, 0.3) is 0 Å². The molecule has 2 N–H and O–H groups in total. The Bertz CT molecular complexity index is 161. The molecule has 0 aliphatic carbocycles. The zero-order chi connectivity index (χ0) is 10.6. The Labute approximate surface area is 86.1 Å². The third-order valence-electron chi connectivity index (χ3n) is 3.08. The zero-order valence-electron chi connectivity index (χ0n) is 9.15. The summed E-state index contributed by atoms with van der Waals surface area (Å²) < 4.78 is 5.58. The van der Waals surface area contributed by atoms with Crippen LogP contribution in [0.15, 0.2) is 0 Å². The van der Waals surface area contributed by atoms with Crippen molar-refractivity contribution in [1.29, 1.82) is 0 Å². The van der Waals surface area contributed by atoms with Gasteiger partial charge in [0.05, 0.1) is 18.8 Å². The fourth-order valence-corrected chi connectivity index (χ4v) is 2.00. The van der Waals surface area contributed by atoms with Crippen LogP contribution in [0.1, 0.15) is 39.5 Å². The average Bonchev–Trinajstić information content (AvgIpc) is 2.56. The van der Waals surface area contributed by atoms with Crippen molar-refractivity contribution in [3.8, 4) is 0 Å². The van der Waals surface area contributed by atoms with E-state index >= 15 is 0 Å². The molecule has 3 nitrogen and oxygen atoms in total. The van der Waals surface area contributed by atoms with Crippen molar-refractivity contribution in [2.75, 3.05) is 6.61 Å². The molecule has 0 bridgehead atoms. The third kappa shape index (κ3) is 2.94. The normalized spacial score (nSPS) is 34.7. The predicted octanol–water partition coefficient (Wildman–Crippen LogP) is 1.32. The van der Waals surface area contributed by atoms with Crippen LogP contribution in [0.4, 0.5) is 0 Å². The topological polar surface area (TPSA) is 49.7 Å². The number of hydrogen-bond donors (Lipinski definition) is 2. The smallest absolute Gasteiger partial charge is 0.107 e. The van der Waals surface area contributed by atoms with Crippen molar-refractivity contribution in [3.05, 3.63) is 0 Å². The highest BCUT2D eigenvalue weighted by atomic mass is 16.5. The van der Waals surface area contributed by atoms with Gasteiger partial charge < -0.3 is 14.9 Å². The van der Waals surface area contributed by atoms with Gasteiger partial charge >= 0.3 is 0 Å². The van der Waals surface area contributed by atoms with Crippen LogP contribution in [0, 0.1) is 5.92 Å². The highest BCUT2D eigenvalue weighted by molar-refractivity contribution is 4.84. The Morgan fingerprint density at radius 3 is 2.71 bits per heavy atom. The monoisotopic (exact) mass is 202 g/mol. The molecule has 0 radical (unpaired) electrons. The lowest BCUT2D eigenvalue weighted by atomic mass is 9.95. The lowest BCUT2D eigenvalue weighted by Gasteiger charge is -2.18. The van der Waals surface area contributed by atoms with E-state index in [4.69, 9.17) is 9.84 Å². The summed E-state index contributed by atoms with van der Waals surface area (Å²) in [5.41, 5.74) is 0. The standard InChI is InChI=1S/C11H22O3/c1-3-4-5-8(2)10-6-9(13)11(7-12)14-10/h8-13H,3-7H2,1-2H3/t8?,9?,10-,11-/m0/s1. The van der Waals surface area contributed by atoms with Crippen molar-refractivity contribution in [1.82, 2.24) is 0 Å². The fraction of sp³-hybridized carbons (Fsp3) is 1.00. The summed E-state index contributed by atoms with van der Waals surface area (Å²) >= 11 is 0. The summed E-state index contributed by atoms with van der Waals surface area (Å²) in [5.74, 6) is 0.487. The number of aliphatic hydroxyl groups excluding tert-OH is 2. The van der Waals surface area contributed by atoms with Gasteiger partial charge in [-0.2, -0.15) is 0 Å². The maximum Gasteiger partial charge on any atom is 0.107 e. The molecule has 84 valence electrons. The molecule has 14 heavy (non-hydrogen) atoms. The average molecular weight is 202 g/mol. The Morgan fingerprint density at radius 1 is 1.50 bits per heavy atom. The summed E-state index contributed by atoms with van der Waals surface area (Å²) in [7, 11) is 0. The molecule has 0 saturated carbocycles. The lowest BCUT2D eigenvalue weighted by molar-refractivity contribution is -0.0369. The quantitative estimate of drug-likeness (QED) is 0.707. The summed E-state index contributed by atoms with van der Waals surface area (Å²) in [4.78, 5) is 0. The van der Waals surface area contributed by atoms with E-state index in [1.54, 1.807) is 0 Å². The fourth-order valence-electron chi connectivity index (χ4n) is 2.00. The molecule has 0 aromatic carbocycles. The van der Waals surface area contributed by atoms with Gasteiger partial charge in [-0.05, 0) is 12.3 Å². The SMILES string of the molecule is CCCCC(C)[C@@H]1CC(O)[C@H](CO)O1. The molecule has 4 atom stereocenters. The molecule has 1 aliphatic rings. The van der Waals surface area contributed by atoms with E-state index < -0.39 is 6.10 Å². The molecule has 2 unspecified atom stereocenters. The largest absolute Gasteiger partial charge is 0.394 e. The van der Waals surface area contributed by atoms with Gasteiger partial charge in [0.25, 0.3) is 0 Å². The van der Waals surface area contributed by atoms with Crippen LogP contribution >= 0.6 is 0 Å². The molecular weight excluding hydrogens is 180 g/mol. The Hall–Kier alpha value is -0.120. The van der Waals surface area contributed by atoms with Crippen LogP contribution in [0.5, 0.6) is 0 Å². The van der Waals surface area contributed by atoms with Crippen molar-refractivity contribution in [2.24, 2.45) is 5.92 Å². The first kappa shape index (κ1) is 12.0. The first-order chi connectivity index (χ1) is 6.69. The van der Waals surface area contributed by atoms with Gasteiger partial charge in [0.15, 0.2) is 0 Å². The number of aliphatic hydroxyl groups is 2. The maximum absolute atomic E-state index is 9.55. The van der Waals surface area contributed by atoms with E-state index in [1.165, 1.54) is 12.8 Å². The molecule has 1 heterocycles. The molecule has 0 amide bonds. The minimum absolute atomic E-state index is 0.0713. The molecule has 0 spiro atoms. The van der Waals surface area contributed by atoms with Gasteiger partial charge in [-0.3, -0.25) is 0 Å². The van der Waals surface area contributed by atoms with Gasteiger partial charge in [0.1, 0.15) is 6.10 Å². The minimum atomic E-state index is -0.478. The molecule has 1 fully saturated rings. The highest BCUT2D eigenvalue weighted by Crippen LogP contribution is 2.28. The second kappa shape index (κ2) is 5.69. The predicted molar refractivity (Wildman–Crippen MR) is 55.1 cm³/mol. The van der Waals surface area contributed by atoms with Gasteiger partial charge in [-0.15, -0.1) is 0 Å². The van der Waals surface area contributed by atoms with Crippen LogP contribution in [0.3, 0.4) is 0 Å². The van der Waals surface area contributed by atoms with Crippen LogP contribution < -0.4 is 0 Å². The summed E-state index contributed by atoms with van der Waals surface area (Å²) in [6.07, 6.45) is 3.53. The molecule has 1 rings (SSSR count). The Morgan fingerprint density at radius 2 is 2.21 bits per heavy atom. The van der Waals surface area contributed by atoms with Crippen LogP contribution in [-0.4, -0.2) is 35.1 Å². The molecule has 0 aromatic heterocycles.